The fourth-order valence-corrected chi connectivity index (χ4v) is 5.99. The van der Waals surface area contributed by atoms with Gasteiger partial charge in [0.05, 0.1) is 29.5 Å². The van der Waals surface area contributed by atoms with Crippen molar-refractivity contribution in [1.82, 2.24) is 14.8 Å². The number of pyridine rings is 1. The van der Waals surface area contributed by atoms with Crippen molar-refractivity contribution >= 4 is 23.6 Å². The Hall–Kier alpha value is -5.62. The summed E-state index contributed by atoms with van der Waals surface area (Å²) in [4.78, 5) is 21.7. The first kappa shape index (κ1) is 36.2. The lowest BCUT2D eigenvalue weighted by atomic mass is 10.1. The molecule has 0 spiro atoms. The summed E-state index contributed by atoms with van der Waals surface area (Å²) in [6, 6.07) is 33.4. The fourth-order valence-electron chi connectivity index (χ4n) is 5.77. The fraction of sp³-hybridized carbons (Fsp3) is 0.233. The summed E-state index contributed by atoms with van der Waals surface area (Å²) in [7, 11) is 0. The zero-order valence-electron chi connectivity index (χ0n) is 29.4. The molecule has 0 atom stereocenters. The van der Waals surface area contributed by atoms with Gasteiger partial charge in [-0.1, -0.05) is 65.7 Å². The van der Waals surface area contributed by atoms with Crippen LogP contribution in [0.2, 0.25) is 5.02 Å². The molecule has 1 aromatic heterocycles. The number of nitrogens with zero attached hydrogens (tertiary/aromatic N) is 4. The molecule has 5 aromatic rings. The molecule has 4 aromatic carbocycles. The van der Waals surface area contributed by atoms with Crippen LogP contribution < -0.4 is 14.2 Å². The van der Waals surface area contributed by atoms with Gasteiger partial charge in [0.15, 0.2) is 0 Å². The van der Waals surface area contributed by atoms with E-state index in [1.165, 1.54) is 16.7 Å². The SMILES string of the molecule is Cc1ccc(OCCc2ccc(CN3CCN(C(=O)/C=C/c4cc(C)c(Oc5ccc(OCc6ccc(C#N)cc6)cn5)cc4Cl)CC3)cc2)cc1. The van der Waals surface area contributed by atoms with E-state index in [4.69, 9.17) is 31.1 Å². The minimum Gasteiger partial charge on any atom is -0.493 e. The highest BCUT2D eigenvalue weighted by molar-refractivity contribution is 6.32. The molecule has 1 fully saturated rings. The van der Waals surface area contributed by atoms with Crippen LogP contribution in [-0.4, -0.2) is 53.5 Å². The van der Waals surface area contributed by atoms with E-state index in [-0.39, 0.29) is 5.91 Å². The van der Waals surface area contributed by atoms with Crippen LogP contribution in [0.3, 0.4) is 0 Å². The molecule has 8 nitrogen and oxygen atoms in total. The van der Waals surface area contributed by atoms with Gasteiger partial charge in [-0.3, -0.25) is 9.69 Å². The Morgan fingerprint density at radius 1 is 0.846 bits per heavy atom. The van der Waals surface area contributed by atoms with Gasteiger partial charge in [-0.2, -0.15) is 5.26 Å². The monoisotopic (exact) mass is 712 g/mol. The number of piperazine rings is 1. The molecule has 1 amide bonds. The minimum absolute atomic E-state index is 0.0309. The number of benzene rings is 4. The lowest BCUT2D eigenvalue weighted by Gasteiger charge is -2.34. The van der Waals surface area contributed by atoms with Crippen LogP contribution >= 0.6 is 11.6 Å². The van der Waals surface area contributed by atoms with Gasteiger partial charge in [-0.15, -0.1) is 0 Å². The van der Waals surface area contributed by atoms with Crippen LogP contribution in [0.1, 0.15) is 38.9 Å². The van der Waals surface area contributed by atoms with E-state index in [0.717, 1.165) is 48.5 Å². The van der Waals surface area contributed by atoms with E-state index in [0.29, 0.717) is 54.3 Å². The summed E-state index contributed by atoms with van der Waals surface area (Å²) in [5.74, 6) is 2.44. The third kappa shape index (κ3) is 10.2. The number of nitriles is 1. The van der Waals surface area contributed by atoms with Crippen molar-refractivity contribution in [2.24, 2.45) is 0 Å². The molecule has 0 radical (unpaired) electrons. The number of halogens is 1. The summed E-state index contributed by atoms with van der Waals surface area (Å²) < 4.78 is 17.7. The second kappa shape index (κ2) is 17.5. The predicted molar refractivity (Wildman–Crippen MR) is 204 cm³/mol. The molecule has 52 heavy (non-hydrogen) atoms. The zero-order chi connectivity index (χ0) is 36.3. The number of rotatable bonds is 13. The molecule has 1 aliphatic rings. The summed E-state index contributed by atoms with van der Waals surface area (Å²) >= 11 is 6.61. The van der Waals surface area contributed by atoms with Crippen molar-refractivity contribution in [2.45, 2.75) is 33.4 Å². The summed E-state index contributed by atoms with van der Waals surface area (Å²) in [5, 5.41) is 9.43. The maximum Gasteiger partial charge on any atom is 0.246 e. The molecule has 264 valence electrons. The first-order valence-electron chi connectivity index (χ1n) is 17.3. The lowest BCUT2D eigenvalue weighted by molar-refractivity contribution is -0.127. The van der Waals surface area contributed by atoms with Crippen LogP contribution in [0.4, 0.5) is 0 Å². The molecule has 9 heteroatoms. The Morgan fingerprint density at radius 3 is 2.23 bits per heavy atom. The third-order valence-corrected chi connectivity index (χ3v) is 9.23. The first-order chi connectivity index (χ1) is 25.3. The maximum absolute atomic E-state index is 13.1. The number of ether oxygens (including phenoxy) is 3. The number of amides is 1. The topological polar surface area (TPSA) is 87.9 Å². The smallest absolute Gasteiger partial charge is 0.246 e. The number of hydrogen-bond acceptors (Lipinski definition) is 7. The highest BCUT2D eigenvalue weighted by atomic mass is 35.5. The molecular formula is C43H41ClN4O4. The molecule has 0 bridgehead atoms. The van der Waals surface area contributed by atoms with Gasteiger partial charge in [0.1, 0.15) is 23.9 Å². The lowest BCUT2D eigenvalue weighted by Crippen LogP contribution is -2.47. The van der Waals surface area contributed by atoms with E-state index < -0.39 is 0 Å². The second-order valence-electron chi connectivity index (χ2n) is 12.8. The van der Waals surface area contributed by atoms with Gasteiger partial charge in [-0.05, 0) is 84.1 Å². The molecule has 0 saturated carbocycles. The van der Waals surface area contributed by atoms with Crippen LogP contribution in [0.15, 0.2) is 109 Å². The highest BCUT2D eigenvalue weighted by Crippen LogP contribution is 2.31. The van der Waals surface area contributed by atoms with Crippen molar-refractivity contribution in [3.8, 4) is 29.2 Å². The van der Waals surface area contributed by atoms with Gasteiger partial charge >= 0.3 is 0 Å². The Bertz CT molecular complexity index is 2020. The molecule has 6 rings (SSSR count). The average molecular weight is 713 g/mol. The second-order valence-corrected chi connectivity index (χ2v) is 13.2. The molecule has 2 heterocycles. The molecule has 0 N–H and O–H groups in total. The summed E-state index contributed by atoms with van der Waals surface area (Å²) in [6.07, 6.45) is 5.81. The average Bonchev–Trinajstić information content (AvgIpc) is 3.17. The van der Waals surface area contributed by atoms with Gasteiger partial charge in [0.2, 0.25) is 11.8 Å². The van der Waals surface area contributed by atoms with Crippen molar-refractivity contribution in [3.63, 3.8) is 0 Å². The van der Waals surface area contributed by atoms with E-state index >= 15 is 0 Å². The highest BCUT2D eigenvalue weighted by Gasteiger charge is 2.20. The summed E-state index contributed by atoms with van der Waals surface area (Å²) in [6.45, 7) is 8.83. The quantitative estimate of drug-likeness (QED) is 0.113. The minimum atomic E-state index is -0.0309. The standard InChI is InChI=1S/C43H41ClN4O4/c1-31-3-14-38(15-4-31)50-24-19-33-5-9-35(10-6-33)29-47-20-22-48(23-21-47)43(49)18-13-37-25-32(2)41(26-40(37)44)52-42-17-16-39(28-46-42)51-30-36-11-7-34(27-45)8-12-36/h3-18,25-26,28H,19-24,29-30H2,1-2H3/b18-13+. The number of hydrogen-bond donors (Lipinski definition) is 0. The van der Waals surface area contributed by atoms with E-state index in [9.17, 15) is 4.79 Å². The Labute approximate surface area is 310 Å². The third-order valence-electron chi connectivity index (χ3n) is 8.91. The van der Waals surface area contributed by atoms with Crippen LogP contribution in [0.5, 0.6) is 23.1 Å². The molecule has 0 aliphatic carbocycles. The van der Waals surface area contributed by atoms with Gasteiger partial charge < -0.3 is 19.1 Å². The van der Waals surface area contributed by atoms with Crippen molar-refractivity contribution < 1.29 is 19.0 Å². The van der Waals surface area contributed by atoms with Crippen molar-refractivity contribution in [2.75, 3.05) is 32.8 Å². The Kier molecular flexibility index (Phi) is 12.2. The largest absolute Gasteiger partial charge is 0.493 e. The Balaban J connectivity index is 0.931. The molecule has 0 unspecified atom stereocenters. The van der Waals surface area contributed by atoms with Crippen LogP contribution in [0, 0.1) is 25.2 Å². The van der Waals surface area contributed by atoms with E-state index in [1.54, 1.807) is 48.7 Å². The number of carbonyl (C=O) groups is 1. The molecule has 1 aliphatic heterocycles. The van der Waals surface area contributed by atoms with Gasteiger partial charge in [0, 0.05) is 57.4 Å². The molecule has 1 saturated heterocycles. The normalized spacial score (nSPS) is 13.2. The Morgan fingerprint density at radius 2 is 1.54 bits per heavy atom. The molecular weight excluding hydrogens is 672 g/mol. The van der Waals surface area contributed by atoms with E-state index in [2.05, 4.69) is 59.3 Å². The number of aryl methyl sites for hydroxylation is 2. The number of aromatic nitrogens is 1. The van der Waals surface area contributed by atoms with Crippen molar-refractivity contribution in [3.05, 3.63) is 153 Å². The van der Waals surface area contributed by atoms with Crippen molar-refractivity contribution in [1.29, 1.82) is 5.26 Å². The maximum atomic E-state index is 13.1. The van der Waals surface area contributed by atoms with Crippen LogP contribution in [-0.2, 0) is 24.4 Å². The van der Waals surface area contributed by atoms with Gasteiger partial charge in [-0.25, -0.2) is 4.98 Å². The summed E-state index contributed by atoms with van der Waals surface area (Å²) in [5.41, 5.74) is 6.89. The predicted octanol–water partition coefficient (Wildman–Crippen LogP) is 8.57. The number of carbonyl (C=O) groups excluding carboxylic acids is 1. The van der Waals surface area contributed by atoms with Crippen LogP contribution in [0.25, 0.3) is 6.08 Å². The first-order valence-corrected chi connectivity index (χ1v) is 17.7. The zero-order valence-corrected chi connectivity index (χ0v) is 30.2. The van der Waals surface area contributed by atoms with E-state index in [1.807, 2.05) is 42.2 Å². The van der Waals surface area contributed by atoms with Gasteiger partial charge in [0.25, 0.3) is 0 Å².